The molecule has 1 radical (unpaired) electrons. The molecule has 0 fully saturated rings. The van der Waals surface area contributed by atoms with E-state index in [1.807, 2.05) is 0 Å². The minimum Gasteiger partial charge on any atom is -1.00 e. The van der Waals surface area contributed by atoms with Gasteiger partial charge in [-0.05, 0) is 0 Å². The molecule has 0 aliphatic rings. The number of hydrogen-bond donors (Lipinski definition) is 9. The van der Waals surface area contributed by atoms with E-state index in [4.69, 9.17) is 45.9 Å². The van der Waals surface area contributed by atoms with Crippen LogP contribution in [0.5, 0.6) is 0 Å². The van der Waals surface area contributed by atoms with Crippen LogP contribution in [0.25, 0.3) is 0 Å². The molecule has 0 spiro atoms. The number of aromatic amines is 9. The van der Waals surface area contributed by atoms with E-state index in [0.29, 0.717) is 0 Å². The molecule has 0 aliphatic carbocycles. The molecule has 23 heteroatoms. The Morgan fingerprint density at radius 2 is 0.197 bits per heavy atom. The summed E-state index contributed by atoms with van der Waals surface area (Å²) >= 11 is 0. The van der Waals surface area contributed by atoms with Crippen LogP contribution in [-0.4, -0.2) is 112 Å². The Bertz CT molecular complexity index is 3760. The second kappa shape index (κ2) is 34.1. The smallest absolute Gasteiger partial charge is 1.00 e. The maximum atomic E-state index is 5.10. The van der Waals surface area contributed by atoms with E-state index < -0.39 is 20.1 Å². The zero-order valence-corrected chi connectivity index (χ0v) is 91.1. The fourth-order valence-corrected chi connectivity index (χ4v) is 19.1. The zero-order chi connectivity index (χ0) is 93.0. The van der Waals surface area contributed by atoms with Gasteiger partial charge in [-0.3, -0.25) is 45.9 Å². The summed E-state index contributed by atoms with van der Waals surface area (Å²) in [5.41, 5.74) is 30.7. The number of H-pyrrole nitrogens is 9. The number of halogens is 1. The second-order valence-corrected chi connectivity index (χ2v) is 54.9. The fraction of sp³-hybridized carbons (Fsp3) is 0.727. The molecule has 9 N–H and O–H groups in total. The molecule has 9 aromatic rings. The molecular formula is C99H174B3FeIN18-. The quantitative estimate of drug-likeness (QED) is 0.0491. The monoisotopic (exact) mass is 1830 g/mol. The predicted molar refractivity (Wildman–Crippen MR) is 522 cm³/mol. The van der Waals surface area contributed by atoms with Crippen molar-refractivity contribution in [2.75, 3.05) is 0 Å². The molecule has 0 bridgehead atoms. The van der Waals surface area contributed by atoms with E-state index in [9.17, 15) is 0 Å². The molecular weight excluding hydrogens is 1660 g/mol. The zero-order valence-electron chi connectivity index (χ0n) is 87.9. The summed E-state index contributed by atoms with van der Waals surface area (Å²) < 4.78 is 0. The summed E-state index contributed by atoms with van der Waals surface area (Å²) in [5, 5.41) is 78.0. The molecule has 0 aromatic carbocycles. The molecule has 122 heavy (non-hydrogen) atoms. The molecule has 0 saturated carbocycles. The van der Waals surface area contributed by atoms with Crippen LogP contribution in [0, 0.1) is 0 Å². The predicted octanol–water partition coefficient (Wildman–Crippen LogP) is 14.7. The van der Waals surface area contributed by atoms with E-state index in [1.54, 1.807) is 0 Å². The summed E-state index contributed by atoms with van der Waals surface area (Å²) in [5.74, 6) is 0. The first-order valence-electron chi connectivity index (χ1n) is 45.5. The largest absolute Gasteiger partial charge is 3.00 e. The Kier molecular flexibility index (Phi) is 29.9. The summed E-state index contributed by atoms with van der Waals surface area (Å²) in [4.78, 5) is 0. The third kappa shape index (κ3) is 22.5. The maximum absolute atomic E-state index is 5.10. The van der Waals surface area contributed by atoms with Crippen molar-refractivity contribution in [2.24, 2.45) is 0 Å². The molecule has 685 valence electrons. The van der Waals surface area contributed by atoms with Gasteiger partial charge in [0.05, 0.1) is 20.1 Å². The van der Waals surface area contributed by atoms with Crippen LogP contribution in [-0.2, 0) is 115 Å². The van der Waals surface area contributed by atoms with Crippen molar-refractivity contribution in [3.05, 3.63) is 102 Å². The Balaban J connectivity index is 0.000000323. The van der Waals surface area contributed by atoms with E-state index >= 15 is 0 Å². The van der Waals surface area contributed by atoms with Gasteiger partial charge in [-0.15, -0.1) is 0 Å². The Morgan fingerprint density at radius 3 is 0.246 bits per heavy atom. The van der Waals surface area contributed by atoms with Crippen LogP contribution in [0.4, 0.5) is 0 Å². The standard InChI is InChI=1S/3C33H58BN6.Fe.HI/c3*1-28(2,3)22-19(23(36-35-22)29(4,5)6)34(20-24(30(7,8)9)37-38-25(20)31(10,11)12)21-26(32(13,14)15)39-40-27(21)33(16,17)18;;/h3*34H,1-18H3,(H,35,36)(H,37,38)(H,39,40);;1H/q3*-1;+3;/p-1. The Hall–Kier alpha value is -5.67. The maximum Gasteiger partial charge on any atom is 3.00 e. The van der Waals surface area contributed by atoms with Gasteiger partial charge >= 0.3 is 17.1 Å². The van der Waals surface area contributed by atoms with Gasteiger partial charge in [0.2, 0.25) is 0 Å². The third-order valence-electron chi connectivity index (χ3n) is 24.1. The molecule has 0 saturated heterocycles. The van der Waals surface area contributed by atoms with Gasteiger partial charge in [-0.1, -0.05) is 374 Å². The first-order chi connectivity index (χ1) is 53.0. The number of nitrogens with zero attached hydrogens (tertiary/aromatic N) is 9. The van der Waals surface area contributed by atoms with Gasteiger partial charge in [0.15, 0.2) is 0 Å². The Labute approximate surface area is 770 Å². The summed E-state index contributed by atoms with van der Waals surface area (Å²) in [7, 11) is 0. The van der Waals surface area contributed by atoms with Gasteiger partial charge in [0.1, 0.15) is 0 Å². The van der Waals surface area contributed by atoms with E-state index in [2.05, 4.69) is 420 Å². The number of aromatic nitrogens is 18. The number of hydrogen-bond acceptors (Lipinski definition) is 9. The van der Waals surface area contributed by atoms with Crippen LogP contribution >= 0.6 is 0 Å². The van der Waals surface area contributed by atoms with Gasteiger partial charge in [-0.2, -0.15) is 95.1 Å². The van der Waals surface area contributed by atoms with Crippen molar-refractivity contribution in [1.29, 1.82) is 0 Å². The van der Waals surface area contributed by atoms with Crippen molar-refractivity contribution in [3.8, 4) is 0 Å². The average molecular weight is 1830 g/mol. The SMILES string of the molecule is CC(C)(C)c1n[nH]c(C(C)(C)C)c1[BH-](c1c(C(C)(C)C)n[nH]c1C(C)(C)C)c1c(C(C)(C)C)n[nH]c1C(C)(C)C.CC(C)(C)c1n[nH]c(C(C)(C)C)c1[BH-](c1c(C(C)(C)C)n[nH]c1C(C)(C)C)c1c(C(C)(C)C)n[nH]c1C(C)(C)C.CC(C)(C)c1n[nH]c(C(C)(C)C)c1[BH-](c1c(C(C)(C)C)n[nH]c1C(C)(C)C)c1c(C(C)(C)C)n[nH]c1C(C)(C)C.[Fe+3].[I-]. The van der Waals surface area contributed by atoms with Crippen molar-refractivity contribution in [1.82, 2.24) is 91.8 Å². The molecule has 9 aromatic heterocycles. The van der Waals surface area contributed by atoms with Crippen molar-refractivity contribution in [2.45, 2.75) is 471 Å². The summed E-state index contributed by atoms with van der Waals surface area (Å²) in [6, 6.07) is 0. The first-order valence-corrected chi connectivity index (χ1v) is 45.5. The molecule has 0 unspecified atom stereocenters. The van der Waals surface area contributed by atoms with E-state index in [1.165, 1.54) is 100 Å². The van der Waals surface area contributed by atoms with E-state index in [0.717, 1.165) is 51.2 Å². The van der Waals surface area contributed by atoms with Gasteiger partial charge in [0, 0.05) is 200 Å². The number of nitrogens with one attached hydrogen (secondary N) is 9. The minimum atomic E-state index is -1.41. The normalized spacial score (nSPS) is 14.2. The van der Waals surface area contributed by atoms with Crippen molar-refractivity contribution < 1.29 is 41.0 Å². The van der Waals surface area contributed by atoms with Crippen LogP contribution in [0.2, 0.25) is 0 Å². The van der Waals surface area contributed by atoms with Crippen molar-refractivity contribution in [3.63, 3.8) is 0 Å². The molecule has 18 nitrogen and oxygen atoms in total. The third-order valence-corrected chi connectivity index (χ3v) is 24.1. The van der Waals surface area contributed by atoms with E-state index in [-0.39, 0.29) is 139 Å². The second-order valence-electron chi connectivity index (χ2n) is 54.9. The van der Waals surface area contributed by atoms with Gasteiger partial charge < -0.3 is 24.0 Å². The summed E-state index contributed by atoms with van der Waals surface area (Å²) in [6.07, 6.45) is 0. The molecule has 0 atom stereocenters. The molecule has 9 heterocycles. The van der Waals surface area contributed by atoms with Gasteiger partial charge in [0.25, 0.3) is 0 Å². The van der Waals surface area contributed by atoms with Crippen LogP contribution < -0.4 is 73.1 Å². The Morgan fingerprint density at radius 1 is 0.131 bits per heavy atom. The minimum absolute atomic E-state index is 0. The summed E-state index contributed by atoms with van der Waals surface area (Å²) in [6.45, 7) is 119. The molecule has 0 aliphatic heterocycles. The van der Waals surface area contributed by atoms with Gasteiger partial charge in [-0.25, -0.2) is 0 Å². The average Bonchev–Trinajstić information content (AvgIpc) is 1.70. The first kappa shape index (κ1) is 107. The van der Waals surface area contributed by atoms with Crippen LogP contribution in [0.15, 0.2) is 0 Å². The van der Waals surface area contributed by atoms with Crippen LogP contribution in [0.3, 0.4) is 0 Å². The van der Waals surface area contributed by atoms with Crippen molar-refractivity contribution >= 4 is 69.3 Å². The fourth-order valence-electron chi connectivity index (χ4n) is 19.1. The van der Waals surface area contributed by atoms with Crippen LogP contribution in [0.1, 0.15) is 476 Å². The molecule has 9 rings (SSSR count). The molecule has 0 amide bonds. The topological polar surface area (TPSA) is 258 Å². The number of rotatable bonds is 9.